The van der Waals surface area contributed by atoms with Crippen molar-refractivity contribution in [2.45, 2.75) is 13.0 Å². The van der Waals surface area contributed by atoms with Gasteiger partial charge in [0.25, 0.3) is 5.91 Å². The number of nitrogens with zero attached hydrogens (tertiary/aromatic N) is 2. The van der Waals surface area contributed by atoms with Crippen LogP contribution in [0.1, 0.15) is 34.7 Å². The van der Waals surface area contributed by atoms with Crippen molar-refractivity contribution in [1.29, 1.82) is 0 Å². The molecule has 1 unspecified atom stereocenters. The first-order chi connectivity index (χ1) is 9.58. The van der Waals surface area contributed by atoms with Crippen LogP contribution in [0.3, 0.4) is 0 Å². The van der Waals surface area contributed by atoms with E-state index in [0.717, 1.165) is 5.69 Å². The van der Waals surface area contributed by atoms with Crippen LogP contribution >= 0.6 is 12.2 Å². The van der Waals surface area contributed by atoms with Crippen LogP contribution in [0.4, 0.5) is 0 Å². The Hall–Kier alpha value is -2.34. The summed E-state index contributed by atoms with van der Waals surface area (Å²) in [6.45, 7) is 1.86. The second-order valence-corrected chi connectivity index (χ2v) is 4.69. The van der Waals surface area contributed by atoms with Gasteiger partial charge in [-0.3, -0.25) is 14.8 Å². The van der Waals surface area contributed by atoms with Crippen LogP contribution in [0.5, 0.6) is 0 Å². The summed E-state index contributed by atoms with van der Waals surface area (Å²) in [5, 5.41) is 2.83. The van der Waals surface area contributed by atoms with E-state index in [0.29, 0.717) is 11.3 Å². The lowest BCUT2D eigenvalue weighted by atomic mass is 10.2. The van der Waals surface area contributed by atoms with E-state index in [1.165, 1.54) is 6.20 Å². The van der Waals surface area contributed by atoms with Crippen molar-refractivity contribution >= 4 is 23.1 Å². The number of aromatic nitrogens is 2. The summed E-state index contributed by atoms with van der Waals surface area (Å²) in [5.74, 6) is -0.266. The zero-order valence-electron chi connectivity index (χ0n) is 10.9. The first-order valence-electron chi connectivity index (χ1n) is 6.05. The standard InChI is InChI=1S/C14H14N4OS/c1-9(11-4-2-3-7-16-11)18-14(19)12-6-5-10(8-17-12)13(15)20/h2-9H,1H3,(H2,15,20)(H,18,19). The molecular weight excluding hydrogens is 272 g/mol. The van der Waals surface area contributed by atoms with Gasteiger partial charge in [-0.05, 0) is 31.2 Å². The van der Waals surface area contributed by atoms with Gasteiger partial charge in [0.1, 0.15) is 10.7 Å². The maximum Gasteiger partial charge on any atom is 0.270 e. The van der Waals surface area contributed by atoms with E-state index < -0.39 is 0 Å². The Bertz CT molecular complexity index is 613. The van der Waals surface area contributed by atoms with Crippen molar-refractivity contribution in [1.82, 2.24) is 15.3 Å². The van der Waals surface area contributed by atoms with Crippen molar-refractivity contribution in [3.63, 3.8) is 0 Å². The van der Waals surface area contributed by atoms with Crippen LogP contribution < -0.4 is 11.1 Å². The molecular formula is C14H14N4OS. The molecule has 0 spiro atoms. The van der Waals surface area contributed by atoms with Gasteiger partial charge in [0, 0.05) is 18.0 Å². The number of thiocarbonyl (C=S) groups is 1. The van der Waals surface area contributed by atoms with Crippen LogP contribution in [-0.2, 0) is 0 Å². The van der Waals surface area contributed by atoms with Gasteiger partial charge in [-0.15, -0.1) is 0 Å². The number of hydrogen-bond acceptors (Lipinski definition) is 4. The summed E-state index contributed by atoms with van der Waals surface area (Å²) in [4.78, 5) is 20.5. The molecule has 5 nitrogen and oxygen atoms in total. The molecule has 1 amide bonds. The molecule has 0 aliphatic heterocycles. The van der Waals surface area contributed by atoms with Crippen LogP contribution in [0.2, 0.25) is 0 Å². The van der Waals surface area contributed by atoms with E-state index in [1.54, 1.807) is 18.3 Å². The largest absolute Gasteiger partial charge is 0.389 e. The molecule has 1 atom stereocenters. The third-order valence-corrected chi connectivity index (χ3v) is 3.00. The van der Waals surface area contributed by atoms with Crippen molar-refractivity contribution in [2.24, 2.45) is 5.73 Å². The molecule has 0 aliphatic rings. The molecule has 3 N–H and O–H groups in total. The molecule has 0 aliphatic carbocycles. The lowest BCUT2D eigenvalue weighted by Gasteiger charge is -2.12. The topological polar surface area (TPSA) is 80.9 Å². The Morgan fingerprint density at radius 1 is 1.30 bits per heavy atom. The highest BCUT2D eigenvalue weighted by Crippen LogP contribution is 2.09. The maximum absolute atomic E-state index is 12.0. The van der Waals surface area contributed by atoms with Gasteiger partial charge in [0.15, 0.2) is 0 Å². The molecule has 0 radical (unpaired) electrons. The predicted molar refractivity (Wildman–Crippen MR) is 80.2 cm³/mol. The molecule has 0 saturated carbocycles. The maximum atomic E-state index is 12.0. The zero-order chi connectivity index (χ0) is 14.5. The Morgan fingerprint density at radius 3 is 2.65 bits per heavy atom. The Morgan fingerprint density at radius 2 is 2.10 bits per heavy atom. The van der Waals surface area contributed by atoms with E-state index >= 15 is 0 Å². The lowest BCUT2D eigenvalue weighted by Crippen LogP contribution is -2.28. The number of rotatable bonds is 4. The molecule has 0 saturated heterocycles. The number of nitrogens with two attached hydrogens (primary N) is 1. The van der Waals surface area contributed by atoms with Gasteiger partial charge < -0.3 is 11.1 Å². The second-order valence-electron chi connectivity index (χ2n) is 4.25. The molecule has 2 aromatic heterocycles. The molecule has 0 fully saturated rings. The minimum Gasteiger partial charge on any atom is -0.389 e. The van der Waals surface area contributed by atoms with Crippen molar-refractivity contribution < 1.29 is 4.79 Å². The van der Waals surface area contributed by atoms with Crippen LogP contribution in [-0.4, -0.2) is 20.9 Å². The number of carbonyl (C=O) groups is 1. The SMILES string of the molecule is CC(NC(=O)c1ccc(C(N)=S)cn1)c1ccccn1. The number of nitrogens with one attached hydrogen (secondary N) is 1. The highest BCUT2D eigenvalue weighted by atomic mass is 32.1. The molecule has 2 heterocycles. The fourth-order valence-corrected chi connectivity index (χ4v) is 1.77. The second kappa shape index (κ2) is 6.21. The first kappa shape index (κ1) is 14.1. The van der Waals surface area contributed by atoms with E-state index in [4.69, 9.17) is 18.0 Å². The van der Waals surface area contributed by atoms with Crippen molar-refractivity contribution in [3.05, 3.63) is 59.7 Å². The number of pyridine rings is 2. The summed E-state index contributed by atoms with van der Waals surface area (Å²) >= 11 is 4.83. The van der Waals surface area contributed by atoms with Crippen LogP contribution in [0, 0.1) is 0 Å². The molecule has 20 heavy (non-hydrogen) atoms. The number of amides is 1. The van der Waals surface area contributed by atoms with Gasteiger partial charge in [-0.2, -0.15) is 0 Å². The normalized spacial score (nSPS) is 11.7. The third-order valence-electron chi connectivity index (χ3n) is 2.76. The molecule has 0 bridgehead atoms. The third kappa shape index (κ3) is 3.36. The number of carbonyl (C=O) groups excluding carboxylic acids is 1. The van der Waals surface area contributed by atoms with Crippen LogP contribution in [0.15, 0.2) is 42.7 Å². The summed E-state index contributed by atoms with van der Waals surface area (Å²) in [6, 6.07) is 8.63. The first-order valence-corrected chi connectivity index (χ1v) is 6.46. The van der Waals surface area contributed by atoms with E-state index in [1.807, 2.05) is 25.1 Å². The van der Waals surface area contributed by atoms with Gasteiger partial charge in [-0.1, -0.05) is 18.3 Å². The van der Waals surface area contributed by atoms with Gasteiger partial charge in [0.2, 0.25) is 0 Å². The average molecular weight is 286 g/mol. The molecule has 102 valence electrons. The highest BCUT2D eigenvalue weighted by Gasteiger charge is 2.13. The van der Waals surface area contributed by atoms with E-state index in [2.05, 4.69) is 15.3 Å². The summed E-state index contributed by atoms with van der Waals surface area (Å²) in [5.41, 5.74) is 7.22. The Balaban J connectivity index is 2.06. The van der Waals surface area contributed by atoms with Gasteiger partial charge in [-0.25, -0.2) is 0 Å². The smallest absolute Gasteiger partial charge is 0.270 e. The van der Waals surface area contributed by atoms with Gasteiger partial charge in [0.05, 0.1) is 11.7 Å². The summed E-state index contributed by atoms with van der Waals surface area (Å²) in [6.07, 6.45) is 3.18. The minimum absolute atomic E-state index is 0.194. The monoisotopic (exact) mass is 286 g/mol. The zero-order valence-corrected chi connectivity index (χ0v) is 11.7. The molecule has 2 aromatic rings. The number of hydrogen-bond donors (Lipinski definition) is 2. The quantitative estimate of drug-likeness (QED) is 0.834. The van der Waals surface area contributed by atoms with Crippen LogP contribution in [0.25, 0.3) is 0 Å². The lowest BCUT2D eigenvalue weighted by molar-refractivity contribution is 0.0934. The minimum atomic E-state index is -0.266. The van der Waals surface area contributed by atoms with Crippen molar-refractivity contribution in [2.75, 3.05) is 0 Å². The molecule has 2 rings (SSSR count). The molecule has 0 aromatic carbocycles. The fraction of sp³-hybridized carbons (Fsp3) is 0.143. The molecule has 6 heteroatoms. The van der Waals surface area contributed by atoms with E-state index in [9.17, 15) is 4.79 Å². The Labute approximate surface area is 122 Å². The Kier molecular flexibility index (Phi) is 4.37. The fourth-order valence-electron chi connectivity index (χ4n) is 1.65. The predicted octanol–water partition coefficient (Wildman–Crippen LogP) is 1.60. The summed E-state index contributed by atoms with van der Waals surface area (Å²) < 4.78 is 0. The average Bonchev–Trinajstić information content (AvgIpc) is 2.48. The van der Waals surface area contributed by atoms with Crippen molar-refractivity contribution in [3.8, 4) is 0 Å². The van der Waals surface area contributed by atoms with E-state index in [-0.39, 0.29) is 16.9 Å². The summed E-state index contributed by atoms with van der Waals surface area (Å²) in [7, 11) is 0. The van der Waals surface area contributed by atoms with Gasteiger partial charge >= 0.3 is 0 Å². The highest BCUT2D eigenvalue weighted by molar-refractivity contribution is 7.80.